The third-order valence-corrected chi connectivity index (χ3v) is 5.66. The zero-order valence-electron chi connectivity index (χ0n) is 19.3. The third-order valence-electron chi connectivity index (χ3n) is 4.79. The molecule has 0 aliphatic heterocycles. The monoisotopic (exact) mass is 462 g/mol. The molecule has 3 rings (SSSR count). The van der Waals surface area contributed by atoms with Gasteiger partial charge in [0.15, 0.2) is 11.5 Å². The minimum atomic E-state index is -0.486. The minimum absolute atomic E-state index is 0.195. The van der Waals surface area contributed by atoms with Crippen LogP contribution >= 0.6 is 11.3 Å². The summed E-state index contributed by atoms with van der Waals surface area (Å²) in [6.07, 6.45) is 2.74. The summed E-state index contributed by atoms with van der Waals surface area (Å²) in [5, 5.41) is 12.3. The van der Waals surface area contributed by atoms with Gasteiger partial charge in [0.05, 0.1) is 25.5 Å². The Hall–Kier alpha value is -3.63. The van der Waals surface area contributed by atoms with E-state index in [9.17, 15) is 10.1 Å². The molecule has 170 valence electrons. The lowest BCUT2D eigenvalue weighted by Crippen LogP contribution is -2.05. The van der Waals surface area contributed by atoms with Gasteiger partial charge in [0, 0.05) is 17.9 Å². The van der Waals surface area contributed by atoms with Crippen molar-refractivity contribution in [2.24, 2.45) is 5.92 Å². The van der Waals surface area contributed by atoms with Crippen LogP contribution in [0.15, 0.2) is 41.8 Å². The maximum atomic E-state index is 11.4. The summed E-state index contributed by atoms with van der Waals surface area (Å²) in [4.78, 5) is 16.1. The molecule has 0 N–H and O–H groups in total. The lowest BCUT2D eigenvalue weighted by atomic mass is 10.0. The molecule has 0 amide bonds. The second kappa shape index (κ2) is 10.8. The number of hydrogen-bond donors (Lipinski definition) is 0. The van der Waals surface area contributed by atoms with Crippen molar-refractivity contribution in [1.82, 2.24) is 4.98 Å². The number of nitrogens with zero attached hydrogens (tertiary/aromatic N) is 2. The Morgan fingerprint density at radius 2 is 1.79 bits per heavy atom. The molecule has 0 atom stereocenters. The van der Waals surface area contributed by atoms with E-state index in [0.717, 1.165) is 17.7 Å². The number of allylic oxidation sites excluding steroid dienone is 1. The van der Waals surface area contributed by atoms with Crippen molar-refractivity contribution in [3.8, 4) is 34.6 Å². The van der Waals surface area contributed by atoms with Gasteiger partial charge in [-0.15, -0.1) is 11.3 Å². The Kier molecular flexibility index (Phi) is 7.86. The van der Waals surface area contributed by atoms with E-state index < -0.39 is 5.97 Å². The molecule has 0 saturated heterocycles. The molecular formula is C26H26N2O4S. The second-order valence-electron chi connectivity index (χ2n) is 7.85. The van der Waals surface area contributed by atoms with E-state index in [2.05, 4.69) is 49.2 Å². The molecule has 0 aliphatic rings. The van der Waals surface area contributed by atoms with Crippen LogP contribution in [-0.2, 0) is 11.2 Å². The predicted molar refractivity (Wildman–Crippen MR) is 130 cm³/mol. The summed E-state index contributed by atoms with van der Waals surface area (Å²) >= 11 is 1.41. The van der Waals surface area contributed by atoms with Crippen LogP contribution in [0.4, 0.5) is 0 Å². The second-order valence-corrected chi connectivity index (χ2v) is 8.71. The number of thiazole rings is 1. The first-order valence-electron chi connectivity index (χ1n) is 10.5. The van der Waals surface area contributed by atoms with Crippen molar-refractivity contribution in [1.29, 1.82) is 5.26 Å². The zero-order valence-corrected chi connectivity index (χ0v) is 20.2. The van der Waals surface area contributed by atoms with Crippen LogP contribution in [0, 0.1) is 17.2 Å². The van der Waals surface area contributed by atoms with E-state index in [0.29, 0.717) is 33.6 Å². The lowest BCUT2D eigenvalue weighted by Gasteiger charge is -2.13. The standard InChI is InChI=1S/C26H26N2O4S/c1-16(2)10-18-6-8-20(9-7-18)22-15-33-26(28-22)21(14-27)11-19-12-23(30-4)25(32-17(3)29)24(13-19)31-5/h6-9,11-13,15-16H,10H2,1-5H3/b21-11-. The molecule has 6 nitrogen and oxygen atoms in total. The van der Waals surface area contributed by atoms with E-state index in [1.165, 1.54) is 38.0 Å². The van der Waals surface area contributed by atoms with Gasteiger partial charge in [-0.3, -0.25) is 4.79 Å². The van der Waals surface area contributed by atoms with Crippen LogP contribution in [-0.4, -0.2) is 25.2 Å². The van der Waals surface area contributed by atoms with E-state index in [1.54, 1.807) is 18.2 Å². The van der Waals surface area contributed by atoms with Crippen molar-refractivity contribution in [3.63, 3.8) is 0 Å². The number of carbonyl (C=O) groups is 1. The van der Waals surface area contributed by atoms with Crippen LogP contribution < -0.4 is 14.2 Å². The Balaban J connectivity index is 1.92. The number of aromatic nitrogens is 1. The summed E-state index contributed by atoms with van der Waals surface area (Å²) in [7, 11) is 2.94. The first-order chi connectivity index (χ1) is 15.8. The molecule has 1 heterocycles. The van der Waals surface area contributed by atoms with Gasteiger partial charge in [-0.05, 0) is 41.7 Å². The van der Waals surface area contributed by atoms with Crippen LogP contribution in [0.2, 0.25) is 0 Å². The Labute approximate surface area is 198 Å². The Bertz CT molecular complexity index is 1180. The number of methoxy groups -OCH3 is 2. The highest BCUT2D eigenvalue weighted by Gasteiger charge is 2.17. The number of esters is 1. The summed E-state index contributed by atoms with van der Waals surface area (Å²) in [6.45, 7) is 5.70. The molecule has 0 spiro atoms. The molecule has 0 fully saturated rings. The number of carbonyl (C=O) groups excluding carboxylic acids is 1. The SMILES string of the molecule is COc1cc(/C=C(/C#N)c2nc(-c3ccc(CC(C)C)cc3)cs2)cc(OC)c1OC(C)=O. The van der Waals surface area contributed by atoms with Crippen molar-refractivity contribution < 1.29 is 19.0 Å². The molecule has 33 heavy (non-hydrogen) atoms. The summed E-state index contributed by atoms with van der Waals surface area (Å²) in [5.74, 6) is 0.968. The molecule has 1 aromatic heterocycles. The van der Waals surface area contributed by atoms with Crippen LogP contribution in [0.3, 0.4) is 0 Å². The molecule has 0 saturated carbocycles. The van der Waals surface area contributed by atoms with E-state index >= 15 is 0 Å². The van der Waals surface area contributed by atoms with Gasteiger partial charge >= 0.3 is 5.97 Å². The summed E-state index contributed by atoms with van der Waals surface area (Å²) in [5.41, 5.74) is 4.20. The van der Waals surface area contributed by atoms with Gasteiger partial charge in [0.2, 0.25) is 5.75 Å². The molecule has 0 radical (unpaired) electrons. The highest BCUT2D eigenvalue weighted by atomic mass is 32.1. The quantitative estimate of drug-likeness (QED) is 0.231. The lowest BCUT2D eigenvalue weighted by molar-refractivity contribution is -0.132. The van der Waals surface area contributed by atoms with E-state index in [-0.39, 0.29) is 5.75 Å². The summed E-state index contributed by atoms with van der Waals surface area (Å²) in [6, 6.07) is 14.0. The number of benzene rings is 2. The van der Waals surface area contributed by atoms with Crippen molar-refractivity contribution in [2.75, 3.05) is 14.2 Å². The van der Waals surface area contributed by atoms with E-state index in [4.69, 9.17) is 14.2 Å². The van der Waals surface area contributed by atoms with Gasteiger partial charge in [-0.1, -0.05) is 38.1 Å². The van der Waals surface area contributed by atoms with Crippen molar-refractivity contribution in [3.05, 3.63) is 57.9 Å². The van der Waals surface area contributed by atoms with E-state index in [1.807, 2.05) is 5.38 Å². The fourth-order valence-electron chi connectivity index (χ4n) is 3.35. The van der Waals surface area contributed by atoms with Gasteiger partial charge in [-0.2, -0.15) is 5.26 Å². The number of ether oxygens (including phenoxy) is 3. The van der Waals surface area contributed by atoms with Crippen molar-refractivity contribution >= 4 is 29.0 Å². The predicted octanol–water partition coefficient (Wildman–Crippen LogP) is 6.02. The fraction of sp³-hybridized carbons (Fsp3) is 0.269. The normalized spacial score (nSPS) is 11.2. The molecular weight excluding hydrogens is 436 g/mol. The third kappa shape index (κ3) is 5.99. The van der Waals surface area contributed by atoms with Crippen molar-refractivity contribution in [2.45, 2.75) is 27.2 Å². The Morgan fingerprint density at radius 3 is 2.30 bits per heavy atom. The largest absolute Gasteiger partial charge is 0.493 e. The number of rotatable bonds is 8. The molecule has 0 unspecified atom stereocenters. The molecule has 7 heteroatoms. The van der Waals surface area contributed by atoms with Crippen LogP contribution in [0.25, 0.3) is 22.9 Å². The van der Waals surface area contributed by atoms with Gasteiger partial charge < -0.3 is 14.2 Å². The molecule has 0 bridgehead atoms. The minimum Gasteiger partial charge on any atom is -0.493 e. The smallest absolute Gasteiger partial charge is 0.308 e. The molecule has 0 aliphatic carbocycles. The topological polar surface area (TPSA) is 81.4 Å². The fourth-order valence-corrected chi connectivity index (χ4v) is 4.14. The molecule has 2 aromatic carbocycles. The maximum absolute atomic E-state index is 11.4. The zero-order chi connectivity index (χ0) is 24.0. The number of nitriles is 1. The van der Waals surface area contributed by atoms with Crippen LogP contribution in [0.5, 0.6) is 17.2 Å². The highest BCUT2D eigenvalue weighted by molar-refractivity contribution is 7.11. The van der Waals surface area contributed by atoms with Gasteiger partial charge in [0.25, 0.3) is 0 Å². The maximum Gasteiger partial charge on any atom is 0.308 e. The van der Waals surface area contributed by atoms with Crippen LogP contribution in [0.1, 0.15) is 36.9 Å². The first-order valence-corrected chi connectivity index (χ1v) is 11.3. The summed E-state index contributed by atoms with van der Waals surface area (Å²) < 4.78 is 16.0. The average molecular weight is 463 g/mol. The highest BCUT2D eigenvalue weighted by Crippen LogP contribution is 2.39. The molecule has 3 aromatic rings. The Morgan fingerprint density at radius 1 is 1.15 bits per heavy atom. The number of hydrogen-bond acceptors (Lipinski definition) is 7. The average Bonchev–Trinajstić information content (AvgIpc) is 3.27. The van der Waals surface area contributed by atoms with Gasteiger partial charge in [0.1, 0.15) is 11.1 Å². The van der Waals surface area contributed by atoms with Gasteiger partial charge in [-0.25, -0.2) is 4.98 Å². The first kappa shape index (κ1) is 24.0.